The third kappa shape index (κ3) is 4.58. The highest BCUT2D eigenvalue weighted by Crippen LogP contribution is 2.32. The summed E-state index contributed by atoms with van der Waals surface area (Å²) in [5.74, 6) is -0.0237. The van der Waals surface area contributed by atoms with Gasteiger partial charge in [-0.1, -0.05) is 90.5 Å². The van der Waals surface area contributed by atoms with Crippen LogP contribution in [0, 0.1) is 0 Å². The molecule has 1 aliphatic rings. The number of hydrogen-bond donors (Lipinski definition) is 0. The van der Waals surface area contributed by atoms with E-state index >= 15 is 0 Å². The first-order valence-corrected chi connectivity index (χ1v) is 10.2. The Kier molecular flexibility index (Phi) is 6.21. The Hall–Kier alpha value is -3.43. The first-order chi connectivity index (χ1) is 14.7. The number of rotatable bonds is 6. The number of halogens is 1. The van der Waals surface area contributed by atoms with Gasteiger partial charge in [-0.2, -0.15) is 0 Å². The number of amides is 1. The van der Waals surface area contributed by atoms with Gasteiger partial charge in [0.05, 0.1) is 6.04 Å². The van der Waals surface area contributed by atoms with Crippen LogP contribution in [0.15, 0.2) is 102 Å². The van der Waals surface area contributed by atoms with E-state index in [9.17, 15) is 4.79 Å². The van der Waals surface area contributed by atoms with Crippen LogP contribution in [0.25, 0.3) is 12.2 Å². The van der Waals surface area contributed by atoms with Crippen molar-refractivity contribution in [3.63, 3.8) is 0 Å². The van der Waals surface area contributed by atoms with E-state index in [4.69, 9.17) is 11.6 Å². The van der Waals surface area contributed by atoms with Crippen LogP contribution in [0.5, 0.6) is 0 Å². The van der Waals surface area contributed by atoms with Gasteiger partial charge in [-0.3, -0.25) is 9.79 Å². The highest BCUT2D eigenvalue weighted by atomic mass is 35.5. The number of anilines is 1. The van der Waals surface area contributed by atoms with Crippen LogP contribution < -0.4 is 4.90 Å². The molecule has 1 saturated heterocycles. The summed E-state index contributed by atoms with van der Waals surface area (Å²) < 4.78 is 0. The third-order valence-electron chi connectivity index (χ3n) is 4.92. The van der Waals surface area contributed by atoms with Crippen molar-refractivity contribution in [3.8, 4) is 0 Å². The molecule has 1 heterocycles. The SMILES string of the molecule is O=C1[C@@H](N=C/C=C/c2ccccc2)[C@@H](/C=C/c2ccccc2)N1c1ccc(Cl)cc1. The Bertz CT molecular complexity index is 1070. The van der Waals surface area contributed by atoms with Crippen LogP contribution in [0.1, 0.15) is 11.1 Å². The monoisotopic (exact) mass is 412 g/mol. The average molecular weight is 413 g/mol. The van der Waals surface area contributed by atoms with E-state index in [1.165, 1.54) is 0 Å². The van der Waals surface area contributed by atoms with E-state index < -0.39 is 6.04 Å². The fraction of sp³-hybridized carbons (Fsp3) is 0.0769. The predicted molar refractivity (Wildman–Crippen MR) is 126 cm³/mol. The Morgan fingerprint density at radius 2 is 1.40 bits per heavy atom. The van der Waals surface area contributed by atoms with Crippen molar-refractivity contribution in [2.75, 3.05) is 4.90 Å². The normalized spacial score (nSPS) is 19.1. The van der Waals surface area contributed by atoms with Gasteiger partial charge in [-0.15, -0.1) is 0 Å². The van der Waals surface area contributed by atoms with Gasteiger partial charge < -0.3 is 4.90 Å². The maximum absolute atomic E-state index is 12.9. The number of nitrogens with zero attached hydrogens (tertiary/aromatic N) is 2. The lowest BCUT2D eigenvalue weighted by molar-refractivity contribution is -0.125. The Balaban J connectivity index is 1.54. The summed E-state index contributed by atoms with van der Waals surface area (Å²) in [6.07, 6.45) is 9.61. The largest absolute Gasteiger partial charge is 0.301 e. The van der Waals surface area contributed by atoms with Gasteiger partial charge in [-0.05, 0) is 41.5 Å². The zero-order chi connectivity index (χ0) is 20.8. The molecule has 1 fully saturated rings. The molecule has 1 amide bonds. The topological polar surface area (TPSA) is 32.7 Å². The number of allylic oxidation sites excluding steroid dienone is 1. The van der Waals surface area contributed by atoms with E-state index in [2.05, 4.69) is 4.99 Å². The van der Waals surface area contributed by atoms with Crippen molar-refractivity contribution >= 4 is 41.6 Å². The summed E-state index contributed by atoms with van der Waals surface area (Å²) >= 11 is 6.01. The molecule has 30 heavy (non-hydrogen) atoms. The molecule has 0 aliphatic carbocycles. The lowest BCUT2D eigenvalue weighted by Gasteiger charge is -2.43. The fourth-order valence-electron chi connectivity index (χ4n) is 3.37. The molecule has 0 spiro atoms. The van der Waals surface area contributed by atoms with Crippen LogP contribution in [-0.2, 0) is 4.79 Å². The minimum absolute atomic E-state index is 0.0237. The number of benzene rings is 3. The van der Waals surface area contributed by atoms with Crippen LogP contribution in [0.4, 0.5) is 5.69 Å². The van der Waals surface area contributed by atoms with Crippen molar-refractivity contribution in [2.45, 2.75) is 12.1 Å². The molecule has 0 radical (unpaired) electrons. The number of β-lactam (4-membered cyclic amide) rings is 1. The molecule has 0 saturated carbocycles. The van der Waals surface area contributed by atoms with Gasteiger partial charge in [-0.25, -0.2) is 0 Å². The average Bonchev–Trinajstić information content (AvgIpc) is 2.79. The van der Waals surface area contributed by atoms with Gasteiger partial charge in [0.1, 0.15) is 0 Å². The van der Waals surface area contributed by atoms with Gasteiger partial charge in [0.25, 0.3) is 5.91 Å². The Morgan fingerprint density at radius 1 is 0.800 bits per heavy atom. The summed E-state index contributed by atoms with van der Waals surface area (Å²) in [5.41, 5.74) is 2.99. The molecule has 0 aromatic heterocycles. The molecular formula is C26H21ClN2O. The molecular weight excluding hydrogens is 392 g/mol. The minimum atomic E-state index is -0.443. The van der Waals surface area contributed by atoms with Crippen LogP contribution in [-0.4, -0.2) is 24.2 Å². The summed E-state index contributed by atoms with van der Waals surface area (Å²) in [4.78, 5) is 19.1. The molecule has 0 bridgehead atoms. The van der Waals surface area contributed by atoms with Crippen LogP contribution >= 0.6 is 11.6 Å². The molecule has 3 aromatic carbocycles. The van der Waals surface area contributed by atoms with Crippen molar-refractivity contribution in [1.29, 1.82) is 0 Å². The molecule has 1 aliphatic heterocycles. The lowest BCUT2D eigenvalue weighted by atomic mass is 9.93. The zero-order valence-electron chi connectivity index (χ0n) is 16.3. The molecule has 2 atom stereocenters. The second kappa shape index (κ2) is 9.38. The summed E-state index contributed by atoms with van der Waals surface area (Å²) in [7, 11) is 0. The van der Waals surface area contributed by atoms with E-state index in [1.807, 2.05) is 97.1 Å². The first-order valence-electron chi connectivity index (χ1n) is 9.79. The molecule has 4 heteroatoms. The van der Waals surface area contributed by atoms with E-state index in [0.717, 1.165) is 16.8 Å². The second-order valence-electron chi connectivity index (χ2n) is 6.96. The molecule has 0 unspecified atom stereocenters. The highest BCUT2D eigenvalue weighted by Gasteiger charge is 2.46. The molecule has 3 nitrogen and oxygen atoms in total. The summed E-state index contributed by atoms with van der Waals surface area (Å²) in [6.45, 7) is 0. The predicted octanol–water partition coefficient (Wildman–Crippen LogP) is 5.92. The minimum Gasteiger partial charge on any atom is -0.301 e. The van der Waals surface area contributed by atoms with Gasteiger partial charge >= 0.3 is 0 Å². The van der Waals surface area contributed by atoms with Gasteiger partial charge in [0.2, 0.25) is 0 Å². The van der Waals surface area contributed by atoms with E-state index in [-0.39, 0.29) is 11.9 Å². The number of aliphatic imine (C=N–C) groups is 1. The van der Waals surface area contributed by atoms with Crippen LogP contribution in [0.2, 0.25) is 5.02 Å². The van der Waals surface area contributed by atoms with E-state index in [0.29, 0.717) is 5.02 Å². The van der Waals surface area contributed by atoms with Crippen LogP contribution in [0.3, 0.4) is 0 Å². The number of carbonyl (C=O) groups excluding carboxylic acids is 1. The fourth-order valence-corrected chi connectivity index (χ4v) is 3.50. The van der Waals surface area contributed by atoms with Crippen molar-refractivity contribution in [1.82, 2.24) is 0 Å². The third-order valence-corrected chi connectivity index (χ3v) is 5.18. The van der Waals surface area contributed by atoms with Crippen molar-refractivity contribution in [3.05, 3.63) is 113 Å². The van der Waals surface area contributed by atoms with Crippen molar-refractivity contribution in [2.24, 2.45) is 4.99 Å². The van der Waals surface area contributed by atoms with Gasteiger partial charge in [0, 0.05) is 16.9 Å². The Labute approximate surface area is 181 Å². The van der Waals surface area contributed by atoms with Gasteiger partial charge in [0.15, 0.2) is 6.04 Å². The number of carbonyl (C=O) groups is 1. The lowest BCUT2D eigenvalue weighted by Crippen LogP contribution is -2.63. The summed E-state index contributed by atoms with van der Waals surface area (Å²) in [6, 6.07) is 26.7. The quantitative estimate of drug-likeness (QED) is 0.365. The maximum Gasteiger partial charge on any atom is 0.254 e. The summed E-state index contributed by atoms with van der Waals surface area (Å²) in [5, 5.41) is 0.642. The highest BCUT2D eigenvalue weighted by molar-refractivity contribution is 6.30. The smallest absolute Gasteiger partial charge is 0.254 e. The maximum atomic E-state index is 12.9. The molecule has 148 valence electrons. The standard InChI is InChI=1S/C26H21ClN2O/c27-22-14-16-23(17-15-22)29-24(18-13-21-10-5-2-6-11-21)25(26(29)30)28-19-7-12-20-8-3-1-4-9-20/h1-19,24-25H/b12-7+,18-13+,28-19?/t24-,25+/m1/s1. The molecule has 0 N–H and O–H groups in total. The van der Waals surface area contributed by atoms with Crippen molar-refractivity contribution < 1.29 is 4.79 Å². The zero-order valence-corrected chi connectivity index (χ0v) is 17.1. The van der Waals surface area contributed by atoms with E-state index in [1.54, 1.807) is 23.2 Å². The number of hydrogen-bond acceptors (Lipinski definition) is 2. The molecule has 3 aromatic rings. The molecule has 4 rings (SSSR count). The Morgan fingerprint density at radius 3 is 2.03 bits per heavy atom. The second-order valence-corrected chi connectivity index (χ2v) is 7.39. The first kappa shape index (κ1) is 19.9.